The molecular weight excluding hydrogens is 425 g/mol. The average molecular weight is 444 g/mol. The van der Waals surface area contributed by atoms with Crippen LogP contribution in [0.2, 0.25) is 0 Å². The van der Waals surface area contributed by atoms with Gasteiger partial charge in [0, 0.05) is 12.2 Å². The van der Waals surface area contributed by atoms with Crippen molar-refractivity contribution in [1.29, 1.82) is 0 Å². The summed E-state index contributed by atoms with van der Waals surface area (Å²) in [4.78, 5) is 12.7. The molecule has 0 unspecified atom stereocenters. The predicted molar refractivity (Wildman–Crippen MR) is 102 cm³/mol. The molecule has 0 saturated carbocycles. The highest BCUT2D eigenvalue weighted by molar-refractivity contribution is 7.89. The van der Waals surface area contributed by atoms with Crippen LogP contribution in [0.15, 0.2) is 53.4 Å². The number of methoxy groups -OCH3 is 1. The van der Waals surface area contributed by atoms with E-state index in [4.69, 9.17) is 4.74 Å². The minimum Gasteiger partial charge on any atom is -0.497 e. The lowest BCUT2D eigenvalue weighted by Crippen LogP contribution is -2.43. The Bertz CT molecular complexity index is 992. The summed E-state index contributed by atoms with van der Waals surface area (Å²) in [6, 6.07) is 9.52. The molecule has 0 radical (unpaired) electrons. The van der Waals surface area contributed by atoms with Gasteiger partial charge in [0.25, 0.3) is 0 Å². The number of carbonyl (C=O) groups excluding carboxylic acids is 1. The zero-order chi connectivity index (χ0) is 21.9. The predicted octanol–water partition coefficient (Wildman–Crippen LogP) is 3.39. The molecule has 2 aromatic carbocycles. The summed E-state index contributed by atoms with van der Waals surface area (Å²) >= 11 is 0. The molecule has 30 heavy (non-hydrogen) atoms. The quantitative estimate of drug-likeness (QED) is 0.739. The van der Waals surface area contributed by atoms with Crippen LogP contribution in [-0.2, 0) is 14.8 Å². The molecule has 0 aliphatic carbocycles. The fraction of sp³-hybridized carbons (Fsp3) is 0.316. The summed E-state index contributed by atoms with van der Waals surface area (Å²) in [6.45, 7) is 0.185. The molecule has 162 valence electrons. The van der Waals surface area contributed by atoms with Gasteiger partial charge in [-0.3, -0.25) is 4.79 Å². The molecule has 1 heterocycles. The molecule has 0 aromatic heterocycles. The standard InChI is InChI=1S/C19H19F3N2O5S/c1-28-14-8-10-16(11-9-14)30(26,27)24-12-2-3-17(24)18(25)23-13-4-6-15(7-5-13)29-19(20,21)22/h4-11,17H,2-3,12H2,1H3,(H,23,25)/t17-/m1/s1. The zero-order valence-electron chi connectivity index (χ0n) is 15.8. The van der Waals surface area contributed by atoms with Gasteiger partial charge in [0.1, 0.15) is 17.5 Å². The average Bonchev–Trinajstić information content (AvgIpc) is 3.19. The smallest absolute Gasteiger partial charge is 0.497 e. The number of anilines is 1. The number of hydrogen-bond acceptors (Lipinski definition) is 5. The minimum atomic E-state index is -4.81. The van der Waals surface area contributed by atoms with E-state index in [1.165, 1.54) is 43.5 Å². The Labute approximate surface area is 171 Å². The zero-order valence-corrected chi connectivity index (χ0v) is 16.7. The highest BCUT2D eigenvalue weighted by Gasteiger charge is 2.39. The first-order chi connectivity index (χ1) is 14.1. The van der Waals surface area contributed by atoms with Gasteiger partial charge in [0.05, 0.1) is 12.0 Å². The highest BCUT2D eigenvalue weighted by atomic mass is 32.2. The van der Waals surface area contributed by atoms with Crippen LogP contribution in [0, 0.1) is 0 Å². The Morgan fingerprint density at radius 3 is 2.23 bits per heavy atom. The molecule has 2 aromatic rings. The Kier molecular flexibility index (Phi) is 6.22. The maximum Gasteiger partial charge on any atom is 0.573 e. The van der Waals surface area contributed by atoms with E-state index in [0.29, 0.717) is 18.6 Å². The van der Waals surface area contributed by atoms with Crippen molar-refractivity contribution in [3.05, 3.63) is 48.5 Å². The molecule has 7 nitrogen and oxygen atoms in total. The number of hydrogen-bond donors (Lipinski definition) is 1. The second-order valence-electron chi connectivity index (χ2n) is 6.51. The molecule has 1 saturated heterocycles. The van der Waals surface area contributed by atoms with Crippen LogP contribution >= 0.6 is 0 Å². The van der Waals surface area contributed by atoms with Crippen LogP contribution in [0.3, 0.4) is 0 Å². The third kappa shape index (κ3) is 5.03. The number of nitrogens with zero attached hydrogens (tertiary/aromatic N) is 1. The number of rotatable bonds is 6. The Morgan fingerprint density at radius 2 is 1.67 bits per heavy atom. The largest absolute Gasteiger partial charge is 0.573 e. The van der Waals surface area contributed by atoms with Crippen molar-refractivity contribution < 1.29 is 35.9 Å². The van der Waals surface area contributed by atoms with Gasteiger partial charge in [0.2, 0.25) is 15.9 Å². The molecular formula is C19H19F3N2O5S. The van der Waals surface area contributed by atoms with Crippen molar-refractivity contribution in [3.8, 4) is 11.5 Å². The van der Waals surface area contributed by atoms with Crippen LogP contribution in [0.5, 0.6) is 11.5 Å². The number of benzene rings is 2. The second-order valence-corrected chi connectivity index (χ2v) is 8.40. The summed E-state index contributed by atoms with van der Waals surface area (Å²) in [7, 11) is -2.44. The van der Waals surface area contributed by atoms with Gasteiger partial charge < -0.3 is 14.8 Å². The fourth-order valence-electron chi connectivity index (χ4n) is 3.14. The summed E-state index contributed by atoms with van der Waals surface area (Å²) in [5.74, 6) is -0.484. The van der Waals surface area contributed by atoms with E-state index in [1.54, 1.807) is 0 Å². The normalized spacial score (nSPS) is 17.5. The van der Waals surface area contributed by atoms with Crippen molar-refractivity contribution in [2.24, 2.45) is 0 Å². The van der Waals surface area contributed by atoms with Crippen LogP contribution in [0.25, 0.3) is 0 Å². The van der Waals surface area contributed by atoms with E-state index in [0.717, 1.165) is 16.4 Å². The maximum atomic E-state index is 13.0. The SMILES string of the molecule is COc1ccc(S(=O)(=O)N2CCC[C@@H]2C(=O)Nc2ccc(OC(F)(F)F)cc2)cc1. The number of sulfonamides is 1. The Morgan fingerprint density at radius 1 is 1.07 bits per heavy atom. The molecule has 3 rings (SSSR count). The molecule has 0 bridgehead atoms. The monoisotopic (exact) mass is 444 g/mol. The van der Waals surface area contributed by atoms with E-state index in [-0.39, 0.29) is 17.1 Å². The van der Waals surface area contributed by atoms with Gasteiger partial charge in [-0.15, -0.1) is 13.2 Å². The van der Waals surface area contributed by atoms with Crippen molar-refractivity contribution in [3.63, 3.8) is 0 Å². The van der Waals surface area contributed by atoms with Gasteiger partial charge in [-0.05, 0) is 61.4 Å². The number of ether oxygens (including phenoxy) is 2. The fourth-order valence-corrected chi connectivity index (χ4v) is 4.79. The number of nitrogens with one attached hydrogen (secondary N) is 1. The molecule has 1 aliphatic rings. The van der Waals surface area contributed by atoms with E-state index in [2.05, 4.69) is 10.1 Å². The molecule has 1 N–H and O–H groups in total. The second kappa shape index (κ2) is 8.52. The molecule has 1 aliphatic heterocycles. The number of halogens is 3. The molecule has 1 atom stereocenters. The van der Waals surface area contributed by atoms with Crippen LogP contribution in [0.4, 0.5) is 18.9 Å². The summed E-state index contributed by atoms with van der Waals surface area (Å²) in [6.07, 6.45) is -3.98. The van der Waals surface area contributed by atoms with Gasteiger partial charge in [-0.1, -0.05) is 0 Å². The first-order valence-electron chi connectivity index (χ1n) is 8.93. The van der Waals surface area contributed by atoms with Gasteiger partial charge in [-0.2, -0.15) is 4.31 Å². The summed E-state index contributed by atoms with van der Waals surface area (Å²) < 4.78 is 72.6. The Hall–Kier alpha value is -2.79. The molecule has 1 fully saturated rings. The topological polar surface area (TPSA) is 84.9 Å². The number of amides is 1. The molecule has 1 amide bonds. The lowest BCUT2D eigenvalue weighted by atomic mass is 10.2. The van der Waals surface area contributed by atoms with Gasteiger partial charge in [-0.25, -0.2) is 8.42 Å². The summed E-state index contributed by atoms with van der Waals surface area (Å²) in [5, 5.41) is 2.54. The van der Waals surface area contributed by atoms with Gasteiger partial charge >= 0.3 is 6.36 Å². The first kappa shape index (κ1) is 21.9. The van der Waals surface area contributed by atoms with Crippen LogP contribution in [-0.4, -0.2) is 44.7 Å². The van der Waals surface area contributed by atoms with Crippen molar-refractivity contribution in [2.45, 2.75) is 30.1 Å². The van der Waals surface area contributed by atoms with E-state index in [9.17, 15) is 26.4 Å². The van der Waals surface area contributed by atoms with Crippen LogP contribution < -0.4 is 14.8 Å². The Balaban J connectivity index is 1.72. The van der Waals surface area contributed by atoms with Crippen molar-refractivity contribution in [1.82, 2.24) is 4.31 Å². The lowest BCUT2D eigenvalue weighted by Gasteiger charge is -2.23. The van der Waals surface area contributed by atoms with Gasteiger partial charge in [0.15, 0.2) is 0 Å². The first-order valence-corrected chi connectivity index (χ1v) is 10.4. The number of alkyl halides is 3. The van der Waals surface area contributed by atoms with Crippen LogP contribution in [0.1, 0.15) is 12.8 Å². The molecule has 11 heteroatoms. The maximum absolute atomic E-state index is 13.0. The van der Waals surface area contributed by atoms with Crippen molar-refractivity contribution >= 4 is 21.6 Å². The third-order valence-electron chi connectivity index (χ3n) is 4.53. The van der Waals surface area contributed by atoms with E-state index < -0.39 is 34.1 Å². The third-order valence-corrected chi connectivity index (χ3v) is 6.45. The summed E-state index contributed by atoms with van der Waals surface area (Å²) in [5.41, 5.74) is 0.225. The lowest BCUT2D eigenvalue weighted by molar-refractivity contribution is -0.274. The van der Waals surface area contributed by atoms with E-state index in [1.807, 2.05) is 0 Å². The number of carbonyl (C=O) groups is 1. The van der Waals surface area contributed by atoms with Crippen molar-refractivity contribution in [2.75, 3.05) is 19.0 Å². The minimum absolute atomic E-state index is 0.0386. The highest BCUT2D eigenvalue weighted by Crippen LogP contribution is 2.29. The molecule has 0 spiro atoms. The van der Waals surface area contributed by atoms with E-state index >= 15 is 0 Å².